The third kappa shape index (κ3) is 3.05. The van der Waals surface area contributed by atoms with Gasteiger partial charge in [0.05, 0.1) is 23.5 Å². The van der Waals surface area contributed by atoms with Gasteiger partial charge >= 0.3 is 0 Å². The van der Waals surface area contributed by atoms with Gasteiger partial charge in [0.25, 0.3) is 0 Å². The molecule has 15 heavy (non-hydrogen) atoms. The van der Waals surface area contributed by atoms with Crippen LogP contribution < -0.4 is 0 Å². The van der Waals surface area contributed by atoms with Gasteiger partial charge in [0.15, 0.2) is 9.84 Å². The van der Waals surface area contributed by atoms with E-state index in [0.717, 1.165) is 6.26 Å². The number of nitriles is 1. The third-order valence-electron chi connectivity index (χ3n) is 1.98. The van der Waals surface area contributed by atoms with Crippen molar-refractivity contribution in [2.45, 2.75) is 17.4 Å². The highest BCUT2D eigenvalue weighted by Gasteiger charge is 2.10. The molecule has 1 aromatic rings. The predicted molar refractivity (Wildman–Crippen MR) is 54.7 cm³/mol. The Morgan fingerprint density at radius 2 is 1.93 bits per heavy atom. The average molecular weight is 225 g/mol. The quantitative estimate of drug-likeness (QED) is 0.833. The third-order valence-corrected chi connectivity index (χ3v) is 3.11. The van der Waals surface area contributed by atoms with Crippen LogP contribution in [0.25, 0.3) is 0 Å². The molecule has 0 bridgehead atoms. The molecule has 1 N–H and O–H groups in total. The summed E-state index contributed by atoms with van der Waals surface area (Å²) in [5.41, 5.74) is 0.545. The number of rotatable bonds is 3. The van der Waals surface area contributed by atoms with Crippen molar-refractivity contribution in [1.29, 1.82) is 5.26 Å². The Labute approximate surface area is 88.7 Å². The minimum atomic E-state index is -3.20. The maximum absolute atomic E-state index is 11.1. The van der Waals surface area contributed by atoms with Crippen LogP contribution in [-0.2, 0) is 9.84 Å². The lowest BCUT2D eigenvalue weighted by Crippen LogP contribution is -1.99. The van der Waals surface area contributed by atoms with E-state index in [1.165, 1.54) is 24.3 Å². The Hall–Kier alpha value is -1.38. The Morgan fingerprint density at radius 1 is 1.40 bits per heavy atom. The fourth-order valence-corrected chi connectivity index (χ4v) is 1.77. The van der Waals surface area contributed by atoms with Gasteiger partial charge in [-0.15, -0.1) is 0 Å². The van der Waals surface area contributed by atoms with Gasteiger partial charge in [-0.1, -0.05) is 12.1 Å². The minimum Gasteiger partial charge on any atom is -0.387 e. The number of benzene rings is 1. The number of sulfone groups is 1. The maximum atomic E-state index is 11.1. The number of aliphatic hydroxyl groups excluding tert-OH is 1. The van der Waals surface area contributed by atoms with E-state index in [9.17, 15) is 13.5 Å². The molecule has 0 saturated heterocycles. The van der Waals surface area contributed by atoms with Crippen LogP contribution in [0.2, 0.25) is 0 Å². The second-order valence-electron chi connectivity index (χ2n) is 3.22. The predicted octanol–water partition coefficient (Wildman–Crippen LogP) is 1.04. The molecule has 0 aliphatic carbocycles. The fraction of sp³-hybridized carbons (Fsp3) is 0.300. The summed E-state index contributed by atoms with van der Waals surface area (Å²) in [4.78, 5) is 0.204. The average Bonchev–Trinajstić information content (AvgIpc) is 2.17. The maximum Gasteiger partial charge on any atom is 0.175 e. The fourth-order valence-electron chi connectivity index (χ4n) is 1.14. The SMILES string of the molecule is CS(=O)(=O)c1ccc(C(O)CC#N)cc1. The van der Waals surface area contributed by atoms with Crippen molar-refractivity contribution in [3.05, 3.63) is 29.8 Å². The summed E-state index contributed by atoms with van der Waals surface area (Å²) in [6, 6.07) is 7.71. The van der Waals surface area contributed by atoms with E-state index in [1.807, 2.05) is 6.07 Å². The summed E-state index contributed by atoms with van der Waals surface area (Å²) in [6.07, 6.45) is 0.259. The summed E-state index contributed by atoms with van der Waals surface area (Å²) in [5.74, 6) is 0. The second-order valence-corrected chi connectivity index (χ2v) is 5.23. The van der Waals surface area contributed by atoms with Gasteiger partial charge in [-0.2, -0.15) is 5.26 Å². The first-order valence-electron chi connectivity index (χ1n) is 4.30. The standard InChI is InChI=1S/C10H11NO3S/c1-15(13,14)9-4-2-8(3-5-9)10(12)6-7-11/h2-5,10,12H,6H2,1H3. The molecule has 0 aliphatic heterocycles. The van der Waals surface area contributed by atoms with Crippen LogP contribution in [0.4, 0.5) is 0 Å². The molecule has 80 valence electrons. The first kappa shape index (κ1) is 11.7. The largest absolute Gasteiger partial charge is 0.387 e. The number of aliphatic hydroxyl groups is 1. The van der Waals surface area contributed by atoms with Crippen molar-refractivity contribution in [2.24, 2.45) is 0 Å². The van der Waals surface area contributed by atoms with E-state index in [0.29, 0.717) is 5.56 Å². The van der Waals surface area contributed by atoms with Crippen molar-refractivity contribution in [3.8, 4) is 6.07 Å². The monoisotopic (exact) mass is 225 g/mol. The Bertz CT molecular complexity index is 470. The molecule has 4 nitrogen and oxygen atoms in total. The molecule has 0 aliphatic rings. The summed E-state index contributed by atoms with van der Waals surface area (Å²) in [6.45, 7) is 0. The topological polar surface area (TPSA) is 78.2 Å². The highest BCUT2D eigenvalue weighted by atomic mass is 32.2. The van der Waals surface area contributed by atoms with Crippen molar-refractivity contribution in [2.75, 3.05) is 6.26 Å². The van der Waals surface area contributed by atoms with E-state index in [4.69, 9.17) is 5.26 Å². The van der Waals surface area contributed by atoms with Gasteiger partial charge in [-0.05, 0) is 17.7 Å². The van der Waals surface area contributed by atoms with E-state index >= 15 is 0 Å². The lowest BCUT2D eigenvalue weighted by molar-refractivity contribution is 0.183. The lowest BCUT2D eigenvalue weighted by Gasteiger charge is -2.06. The van der Waals surface area contributed by atoms with Crippen molar-refractivity contribution in [1.82, 2.24) is 0 Å². The zero-order valence-corrected chi connectivity index (χ0v) is 9.03. The Morgan fingerprint density at radius 3 is 2.33 bits per heavy atom. The van der Waals surface area contributed by atoms with E-state index in [1.54, 1.807) is 0 Å². The summed E-state index contributed by atoms with van der Waals surface area (Å²) in [5, 5.41) is 17.8. The zero-order valence-electron chi connectivity index (χ0n) is 8.21. The first-order valence-corrected chi connectivity index (χ1v) is 6.19. The van der Waals surface area contributed by atoms with Crippen molar-refractivity contribution < 1.29 is 13.5 Å². The Kier molecular flexibility index (Phi) is 3.45. The van der Waals surface area contributed by atoms with Crippen molar-refractivity contribution in [3.63, 3.8) is 0 Å². The molecule has 0 heterocycles. The van der Waals surface area contributed by atoms with Gasteiger partial charge in [0.2, 0.25) is 0 Å². The highest BCUT2D eigenvalue weighted by Crippen LogP contribution is 2.18. The van der Waals surface area contributed by atoms with Gasteiger partial charge in [0.1, 0.15) is 0 Å². The molecular weight excluding hydrogens is 214 g/mol. The Balaban J connectivity index is 2.96. The van der Waals surface area contributed by atoms with E-state index < -0.39 is 15.9 Å². The molecule has 0 spiro atoms. The summed E-state index contributed by atoms with van der Waals surface area (Å²) in [7, 11) is -3.20. The zero-order chi connectivity index (χ0) is 11.5. The van der Waals surface area contributed by atoms with Crippen LogP contribution in [0.3, 0.4) is 0 Å². The summed E-state index contributed by atoms with van der Waals surface area (Å²) >= 11 is 0. The van der Waals surface area contributed by atoms with E-state index in [2.05, 4.69) is 0 Å². The highest BCUT2D eigenvalue weighted by molar-refractivity contribution is 7.90. The van der Waals surface area contributed by atoms with Gasteiger partial charge in [-0.25, -0.2) is 8.42 Å². The number of nitrogens with zero attached hydrogens (tertiary/aromatic N) is 1. The van der Waals surface area contributed by atoms with Crippen LogP contribution in [0.1, 0.15) is 18.1 Å². The smallest absolute Gasteiger partial charge is 0.175 e. The minimum absolute atomic E-state index is 0.00176. The van der Waals surface area contributed by atoms with Crippen molar-refractivity contribution >= 4 is 9.84 Å². The van der Waals surface area contributed by atoms with Gasteiger partial charge in [-0.3, -0.25) is 0 Å². The normalized spacial score (nSPS) is 13.1. The molecular formula is C10H11NO3S. The van der Waals surface area contributed by atoms with Crippen LogP contribution in [0, 0.1) is 11.3 Å². The van der Waals surface area contributed by atoms with Crippen LogP contribution >= 0.6 is 0 Å². The van der Waals surface area contributed by atoms with Gasteiger partial charge in [0, 0.05) is 6.26 Å². The van der Waals surface area contributed by atoms with Crippen LogP contribution in [0.15, 0.2) is 29.2 Å². The molecule has 5 heteroatoms. The number of hydrogen-bond acceptors (Lipinski definition) is 4. The van der Waals surface area contributed by atoms with Crippen LogP contribution in [0.5, 0.6) is 0 Å². The molecule has 0 amide bonds. The molecule has 1 atom stereocenters. The van der Waals surface area contributed by atoms with Gasteiger partial charge < -0.3 is 5.11 Å². The molecule has 0 saturated carbocycles. The lowest BCUT2D eigenvalue weighted by atomic mass is 10.1. The second kappa shape index (κ2) is 4.43. The molecule has 1 rings (SSSR count). The molecule has 0 aromatic heterocycles. The first-order chi connectivity index (χ1) is 6.95. The van der Waals surface area contributed by atoms with Crippen LogP contribution in [-0.4, -0.2) is 19.8 Å². The molecule has 0 fully saturated rings. The van der Waals surface area contributed by atoms with E-state index in [-0.39, 0.29) is 11.3 Å². The summed E-state index contributed by atoms with van der Waals surface area (Å²) < 4.78 is 22.2. The molecule has 1 unspecified atom stereocenters. The molecule has 1 aromatic carbocycles. The molecule has 0 radical (unpaired) electrons. The number of hydrogen-bond donors (Lipinski definition) is 1.